The molecule has 0 aliphatic carbocycles. The van der Waals surface area contributed by atoms with Gasteiger partial charge in [-0.15, -0.1) is 12.4 Å². The Labute approximate surface area is 167 Å². The molecule has 0 fully saturated rings. The molecule has 2 N–H and O–H groups in total. The van der Waals surface area contributed by atoms with E-state index in [1.54, 1.807) is 36.7 Å². The Kier molecular flexibility index (Phi) is 5.52. The first-order chi connectivity index (χ1) is 13.1. The molecule has 0 amide bonds. The second-order valence-electron chi connectivity index (χ2n) is 5.98. The van der Waals surface area contributed by atoms with Crippen LogP contribution in [0.1, 0.15) is 15.9 Å². The summed E-state index contributed by atoms with van der Waals surface area (Å²) in [5.74, 6) is -0.365. The van der Waals surface area contributed by atoms with Crippen molar-refractivity contribution in [1.82, 2.24) is 14.8 Å². The summed E-state index contributed by atoms with van der Waals surface area (Å²) in [6, 6.07) is 16.8. The van der Waals surface area contributed by atoms with Crippen molar-refractivity contribution in [1.29, 1.82) is 0 Å². The van der Waals surface area contributed by atoms with Crippen molar-refractivity contribution in [3.63, 3.8) is 0 Å². The number of hydrogen-bond donors (Lipinski definition) is 1. The molecule has 0 atom stereocenters. The largest absolute Gasteiger partial charge is 0.383 e. The van der Waals surface area contributed by atoms with E-state index in [9.17, 15) is 9.18 Å². The lowest BCUT2D eigenvalue weighted by molar-refractivity contribution is 0.103. The van der Waals surface area contributed by atoms with Crippen molar-refractivity contribution < 1.29 is 9.18 Å². The average molecular weight is 395 g/mol. The van der Waals surface area contributed by atoms with Gasteiger partial charge in [0.05, 0.1) is 17.4 Å². The molecule has 4 rings (SSSR count). The van der Waals surface area contributed by atoms with Gasteiger partial charge < -0.3 is 5.73 Å². The van der Waals surface area contributed by atoms with E-state index in [1.165, 1.54) is 23.0 Å². The number of ketones is 1. The molecule has 140 valence electrons. The quantitative estimate of drug-likeness (QED) is 0.523. The van der Waals surface area contributed by atoms with Gasteiger partial charge in [-0.05, 0) is 41.5 Å². The smallest absolute Gasteiger partial charge is 0.198 e. The zero-order chi connectivity index (χ0) is 18.8. The molecule has 0 aliphatic rings. The van der Waals surface area contributed by atoms with Crippen LogP contribution in [0, 0.1) is 5.82 Å². The summed E-state index contributed by atoms with van der Waals surface area (Å²) in [4.78, 5) is 16.9. The molecule has 0 radical (unpaired) electrons. The van der Waals surface area contributed by atoms with Gasteiger partial charge in [0.1, 0.15) is 11.6 Å². The zero-order valence-electron chi connectivity index (χ0n) is 14.6. The van der Waals surface area contributed by atoms with Gasteiger partial charge in [-0.25, -0.2) is 9.07 Å². The van der Waals surface area contributed by atoms with E-state index in [0.29, 0.717) is 16.8 Å². The highest BCUT2D eigenvalue weighted by molar-refractivity contribution is 6.11. The molecule has 2 aromatic carbocycles. The predicted molar refractivity (Wildman–Crippen MR) is 108 cm³/mol. The van der Waals surface area contributed by atoms with E-state index in [2.05, 4.69) is 10.1 Å². The van der Waals surface area contributed by atoms with Crippen molar-refractivity contribution in [3.8, 4) is 16.8 Å². The van der Waals surface area contributed by atoms with Crippen molar-refractivity contribution in [2.75, 3.05) is 5.73 Å². The molecule has 5 nitrogen and oxygen atoms in total. The monoisotopic (exact) mass is 394 g/mol. The van der Waals surface area contributed by atoms with Gasteiger partial charge in [0.25, 0.3) is 0 Å². The number of halogens is 2. The van der Waals surface area contributed by atoms with E-state index in [0.717, 1.165) is 11.1 Å². The van der Waals surface area contributed by atoms with Gasteiger partial charge in [0, 0.05) is 18.0 Å². The number of carbonyl (C=O) groups excluding carboxylic acids is 1. The second-order valence-corrected chi connectivity index (χ2v) is 5.98. The highest BCUT2D eigenvalue weighted by Gasteiger charge is 2.18. The maximum Gasteiger partial charge on any atom is 0.198 e. The molecule has 7 heteroatoms. The van der Waals surface area contributed by atoms with Gasteiger partial charge in [0.2, 0.25) is 0 Å². The minimum absolute atomic E-state index is 0. The van der Waals surface area contributed by atoms with E-state index in [1.807, 2.05) is 24.3 Å². The summed E-state index contributed by atoms with van der Waals surface area (Å²) in [6.45, 7) is 0. The summed E-state index contributed by atoms with van der Waals surface area (Å²) in [5.41, 5.74) is 9.44. The normalized spacial score (nSPS) is 10.3. The number of rotatable bonds is 4. The van der Waals surface area contributed by atoms with Crippen LogP contribution in [-0.2, 0) is 0 Å². The molecule has 0 bridgehead atoms. The lowest BCUT2D eigenvalue weighted by Crippen LogP contribution is -2.07. The number of hydrogen-bond acceptors (Lipinski definition) is 4. The molecular weight excluding hydrogens is 379 g/mol. The number of anilines is 1. The number of carbonyl (C=O) groups is 1. The number of pyridine rings is 1. The Balaban J connectivity index is 0.00000225. The van der Waals surface area contributed by atoms with Crippen LogP contribution < -0.4 is 5.73 Å². The molecule has 4 aromatic rings. The SMILES string of the molecule is Cl.Nc1c(C(=O)c2ccc(-c3cccnc3)cc2)cnn1-c1ccc(F)cc1. The van der Waals surface area contributed by atoms with Crippen molar-refractivity contribution in [2.24, 2.45) is 0 Å². The van der Waals surface area contributed by atoms with Crippen LogP contribution in [0.4, 0.5) is 10.2 Å². The molecule has 0 saturated carbocycles. The molecule has 0 unspecified atom stereocenters. The number of nitrogens with two attached hydrogens (primary N) is 1. The van der Waals surface area contributed by atoms with Gasteiger partial charge in [0.15, 0.2) is 5.78 Å². The fourth-order valence-corrected chi connectivity index (χ4v) is 2.82. The first kappa shape index (κ1) is 19.3. The van der Waals surface area contributed by atoms with E-state index in [-0.39, 0.29) is 29.8 Å². The van der Waals surface area contributed by atoms with Gasteiger partial charge in [-0.3, -0.25) is 9.78 Å². The van der Waals surface area contributed by atoms with E-state index >= 15 is 0 Å². The summed E-state index contributed by atoms with van der Waals surface area (Å²) in [6.07, 6.45) is 4.90. The molecular formula is C21H16ClFN4O. The number of benzene rings is 2. The Morgan fingerprint density at radius 3 is 2.29 bits per heavy atom. The number of nitrogens with zero attached hydrogens (tertiary/aromatic N) is 3. The van der Waals surface area contributed by atoms with Crippen LogP contribution in [0.25, 0.3) is 16.8 Å². The molecule has 2 aromatic heterocycles. The van der Waals surface area contributed by atoms with Gasteiger partial charge >= 0.3 is 0 Å². The Bertz CT molecular complexity index is 1090. The Hall–Kier alpha value is -3.51. The number of nitrogen functional groups attached to an aromatic ring is 1. The van der Waals surface area contributed by atoms with Crippen LogP contribution in [0.3, 0.4) is 0 Å². The molecule has 2 heterocycles. The first-order valence-electron chi connectivity index (χ1n) is 8.28. The second kappa shape index (κ2) is 8.02. The van der Waals surface area contributed by atoms with Crippen molar-refractivity contribution in [2.45, 2.75) is 0 Å². The maximum atomic E-state index is 13.1. The van der Waals surface area contributed by atoms with Gasteiger partial charge in [-0.2, -0.15) is 5.10 Å². The number of aromatic nitrogens is 3. The van der Waals surface area contributed by atoms with Crippen molar-refractivity contribution >= 4 is 24.0 Å². The van der Waals surface area contributed by atoms with Crippen LogP contribution >= 0.6 is 12.4 Å². The van der Waals surface area contributed by atoms with Crippen molar-refractivity contribution in [3.05, 3.63) is 96.2 Å². The fraction of sp³-hybridized carbons (Fsp3) is 0. The zero-order valence-corrected chi connectivity index (χ0v) is 15.4. The summed E-state index contributed by atoms with van der Waals surface area (Å²) in [5, 5.41) is 4.17. The molecule has 0 aliphatic heterocycles. The standard InChI is InChI=1S/C21H15FN4O.ClH/c22-17-7-9-18(10-8-17)26-21(23)19(13-25-26)20(27)15-5-3-14(4-6-15)16-2-1-11-24-12-16;/h1-13H,23H2;1H. The highest BCUT2D eigenvalue weighted by atomic mass is 35.5. The average Bonchev–Trinajstić information content (AvgIpc) is 3.10. The van der Waals surface area contributed by atoms with Crippen LogP contribution in [-0.4, -0.2) is 20.5 Å². The summed E-state index contributed by atoms with van der Waals surface area (Å²) < 4.78 is 14.5. The Morgan fingerprint density at radius 1 is 0.929 bits per heavy atom. The minimum atomic E-state index is -0.352. The Morgan fingerprint density at radius 2 is 1.64 bits per heavy atom. The molecule has 0 spiro atoms. The molecule has 28 heavy (non-hydrogen) atoms. The summed E-state index contributed by atoms with van der Waals surface area (Å²) >= 11 is 0. The third kappa shape index (κ3) is 3.63. The first-order valence-corrected chi connectivity index (χ1v) is 8.28. The fourth-order valence-electron chi connectivity index (χ4n) is 2.82. The third-order valence-electron chi connectivity index (χ3n) is 4.26. The third-order valence-corrected chi connectivity index (χ3v) is 4.26. The van der Waals surface area contributed by atoms with Crippen LogP contribution in [0.2, 0.25) is 0 Å². The predicted octanol–water partition coefficient (Wildman–Crippen LogP) is 4.31. The highest BCUT2D eigenvalue weighted by Crippen LogP contribution is 2.23. The minimum Gasteiger partial charge on any atom is -0.383 e. The lowest BCUT2D eigenvalue weighted by atomic mass is 10.0. The van der Waals surface area contributed by atoms with E-state index < -0.39 is 0 Å². The van der Waals surface area contributed by atoms with Crippen LogP contribution in [0.5, 0.6) is 0 Å². The topological polar surface area (TPSA) is 73.8 Å². The van der Waals surface area contributed by atoms with E-state index in [4.69, 9.17) is 5.73 Å². The molecule has 0 saturated heterocycles. The maximum absolute atomic E-state index is 13.1. The lowest BCUT2D eigenvalue weighted by Gasteiger charge is -2.06. The van der Waals surface area contributed by atoms with Crippen LogP contribution in [0.15, 0.2) is 79.3 Å². The summed E-state index contributed by atoms with van der Waals surface area (Å²) in [7, 11) is 0. The van der Waals surface area contributed by atoms with Gasteiger partial charge in [-0.1, -0.05) is 30.3 Å².